The van der Waals surface area contributed by atoms with Crippen molar-refractivity contribution in [2.75, 3.05) is 5.32 Å². The summed E-state index contributed by atoms with van der Waals surface area (Å²) in [7, 11) is 0. The van der Waals surface area contributed by atoms with Gasteiger partial charge in [0.15, 0.2) is 10.8 Å². The summed E-state index contributed by atoms with van der Waals surface area (Å²) in [5.74, 6) is 0.745. The highest BCUT2D eigenvalue weighted by atomic mass is 32.1. The fourth-order valence-corrected chi connectivity index (χ4v) is 3.28. The number of nitrogens with zero attached hydrogens (tertiary/aromatic N) is 1. The topological polar surface area (TPSA) is 67.2 Å². The van der Waals surface area contributed by atoms with Gasteiger partial charge in [0.25, 0.3) is 0 Å². The molecule has 2 heterocycles. The number of hydrogen-bond acceptors (Lipinski definition) is 4. The van der Waals surface area contributed by atoms with Gasteiger partial charge in [-0.2, -0.15) is 0 Å². The first-order valence-corrected chi connectivity index (χ1v) is 8.47. The lowest BCUT2D eigenvalue weighted by Crippen LogP contribution is -2.28. The van der Waals surface area contributed by atoms with Crippen LogP contribution in [0.2, 0.25) is 0 Å². The maximum absolute atomic E-state index is 12.1. The number of rotatable bonds is 4. The first-order valence-electron chi connectivity index (χ1n) is 7.66. The van der Waals surface area contributed by atoms with E-state index in [0.29, 0.717) is 6.54 Å². The molecule has 3 aromatic rings. The van der Waals surface area contributed by atoms with Gasteiger partial charge < -0.3 is 15.1 Å². The van der Waals surface area contributed by atoms with Crippen molar-refractivity contribution >= 4 is 23.1 Å². The summed E-state index contributed by atoms with van der Waals surface area (Å²) in [5.41, 5.74) is 3.94. The van der Waals surface area contributed by atoms with Gasteiger partial charge in [-0.25, -0.2) is 9.78 Å². The first kappa shape index (κ1) is 16.3. The molecule has 2 amide bonds. The van der Waals surface area contributed by atoms with Gasteiger partial charge in [0.05, 0.1) is 18.5 Å². The van der Waals surface area contributed by atoms with E-state index in [4.69, 9.17) is 4.42 Å². The van der Waals surface area contributed by atoms with Crippen LogP contribution in [0.15, 0.2) is 41.0 Å². The maximum atomic E-state index is 12.1. The summed E-state index contributed by atoms with van der Waals surface area (Å²) < 4.78 is 5.37. The van der Waals surface area contributed by atoms with Crippen molar-refractivity contribution in [3.8, 4) is 10.8 Å². The average Bonchev–Trinajstić information content (AvgIpc) is 3.19. The first-order chi connectivity index (χ1) is 11.5. The van der Waals surface area contributed by atoms with Crippen molar-refractivity contribution in [2.45, 2.75) is 27.3 Å². The molecule has 124 valence electrons. The summed E-state index contributed by atoms with van der Waals surface area (Å²) in [6.07, 6.45) is 1.63. The van der Waals surface area contributed by atoms with Crippen LogP contribution < -0.4 is 10.6 Å². The number of urea groups is 1. The number of aromatic nitrogens is 1. The van der Waals surface area contributed by atoms with Gasteiger partial charge in [-0.3, -0.25) is 0 Å². The number of nitrogens with one attached hydrogen (secondary N) is 2. The van der Waals surface area contributed by atoms with Gasteiger partial charge in [0.1, 0.15) is 0 Å². The van der Waals surface area contributed by atoms with Gasteiger partial charge in [0, 0.05) is 10.6 Å². The second-order valence-electron chi connectivity index (χ2n) is 5.56. The summed E-state index contributed by atoms with van der Waals surface area (Å²) in [5, 5.41) is 6.60. The Balaban J connectivity index is 1.63. The molecule has 6 heteroatoms. The zero-order chi connectivity index (χ0) is 17.1. The standard InChI is InChI=1S/C18H19N3O2S/c1-11-6-4-7-14(12(11)2)21-18(22)19-10-16-13(3)20-17(24-16)15-8-5-9-23-15/h4-9H,10H2,1-3H3,(H2,19,21,22). The molecule has 0 spiro atoms. The van der Waals surface area contributed by atoms with Crippen molar-refractivity contribution in [3.63, 3.8) is 0 Å². The Kier molecular flexibility index (Phi) is 4.66. The zero-order valence-corrected chi connectivity index (χ0v) is 14.7. The Morgan fingerprint density at radius 2 is 2.04 bits per heavy atom. The Labute approximate surface area is 144 Å². The van der Waals surface area contributed by atoms with Gasteiger partial charge in [-0.05, 0) is 50.1 Å². The van der Waals surface area contributed by atoms with E-state index in [2.05, 4.69) is 15.6 Å². The quantitative estimate of drug-likeness (QED) is 0.726. The van der Waals surface area contributed by atoms with Crippen molar-refractivity contribution in [3.05, 3.63) is 58.3 Å². The van der Waals surface area contributed by atoms with E-state index in [1.54, 1.807) is 6.26 Å². The molecule has 5 nitrogen and oxygen atoms in total. The van der Waals surface area contributed by atoms with Crippen LogP contribution in [0.4, 0.5) is 10.5 Å². The van der Waals surface area contributed by atoms with Crippen molar-refractivity contribution in [1.82, 2.24) is 10.3 Å². The van der Waals surface area contributed by atoms with Crippen molar-refractivity contribution in [2.24, 2.45) is 0 Å². The molecule has 0 saturated heterocycles. The number of benzene rings is 1. The third kappa shape index (κ3) is 3.49. The molecule has 0 atom stereocenters. The van der Waals surface area contributed by atoms with E-state index in [-0.39, 0.29) is 6.03 Å². The second-order valence-corrected chi connectivity index (χ2v) is 6.64. The van der Waals surface area contributed by atoms with Gasteiger partial charge >= 0.3 is 6.03 Å². The second kappa shape index (κ2) is 6.88. The minimum Gasteiger partial charge on any atom is -0.462 e. The molecular weight excluding hydrogens is 322 g/mol. The van der Waals surface area contributed by atoms with Crippen LogP contribution in [0.5, 0.6) is 0 Å². The molecule has 0 aliphatic heterocycles. The molecule has 2 N–H and O–H groups in total. The molecule has 1 aromatic carbocycles. The van der Waals surface area contributed by atoms with E-state index >= 15 is 0 Å². The minimum absolute atomic E-state index is 0.226. The molecule has 0 aliphatic carbocycles. The fourth-order valence-electron chi connectivity index (χ4n) is 2.31. The summed E-state index contributed by atoms with van der Waals surface area (Å²) in [6.45, 7) is 6.38. The Morgan fingerprint density at radius 1 is 1.21 bits per heavy atom. The highest BCUT2D eigenvalue weighted by molar-refractivity contribution is 7.15. The minimum atomic E-state index is -0.226. The number of carbonyl (C=O) groups excluding carboxylic acids is 1. The van der Waals surface area contributed by atoms with Gasteiger partial charge in [-0.1, -0.05) is 12.1 Å². The van der Waals surface area contributed by atoms with E-state index in [9.17, 15) is 4.79 Å². The number of hydrogen-bond donors (Lipinski definition) is 2. The summed E-state index contributed by atoms with van der Waals surface area (Å²) in [4.78, 5) is 17.6. The Bertz CT molecular complexity index is 853. The van der Waals surface area contributed by atoms with Crippen molar-refractivity contribution in [1.29, 1.82) is 0 Å². The molecule has 0 unspecified atom stereocenters. The smallest absolute Gasteiger partial charge is 0.319 e. The summed E-state index contributed by atoms with van der Waals surface area (Å²) in [6, 6.07) is 9.34. The van der Waals surface area contributed by atoms with Gasteiger partial charge in [-0.15, -0.1) is 11.3 Å². The Hall–Kier alpha value is -2.60. The van der Waals surface area contributed by atoms with E-state index < -0.39 is 0 Å². The lowest BCUT2D eigenvalue weighted by atomic mass is 10.1. The predicted octanol–water partition coefficient (Wildman–Crippen LogP) is 4.65. The average molecular weight is 341 g/mol. The molecule has 0 saturated carbocycles. The predicted molar refractivity (Wildman–Crippen MR) is 96.3 cm³/mol. The maximum Gasteiger partial charge on any atom is 0.319 e. The highest BCUT2D eigenvalue weighted by Crippen LogP contribution is 2.28. The molecular formula is C18H19N3O2S. The van der Waals surface area contributed by atoms with Crippen LogP contribution in [0.25, 0.3) is 10.8 Å². The number of amides is 2. The number of anilines is 1. The fraction of sp³-hybridized carbons (Fsp3) is 0.222. The lowest BCUT2D eigenvalue weighted by molar-refractivity contribution is 0.252. The molecule has 0 bridgehead atoms. The van der Waals surface area contributed by atoms with Gasteiger partial charge in [0.2, 0.25) is 0 Å². The third-order valence-electron chi connectivity index (χ3n) is 3.89. The number of thiazole rings is 1. The zero-order valence-electron chi connectivity index (χ0n) is 13.8. The molecule has 0 fully saturated rings. The lowest BCUT2D eigenvalue weighted by Gasteiger charge is -2.11. The molecule has 24 heavy (non-hydrogen) atoms. The number of furan rings is 1. The Morgan fingerprint density at radius 3 is 2.79 bits per heavy atom. The number of aryl methyl sites for hydroxylation is 2. The van der Waals surface area contributed by atoms with Crippen LogP contribution in [0.1, 0.15) is 21.7 Å². The van der Waals surface area contributed by atoms with Crippen LogP contribution in [-0.2, 0) is 6.54 Å². The molecule has 0 aliphatic rings. The summed E-state index contributed by atoms with van der Waals surface area (Å²) >= 11 is 1.52. The number of carbonyl (C=O) groups is 1. The molecule has 0 radical (unpaired) electrons. The van der Waals surface area contributed by atoms with Crippen LogP contribution in [0, 0.1) is 20.8 Å². The van der Waals surface area contributed by atoms with E-state index in [1.165, 1.54) is 11.3 Å². The normalized spacial score (nSPS) is 10.6. The molecule has 2 aromatic heterocycles. The molecule has 3 rings (SSSR count). The van der Waals surface area contributed by atoms with E-state index in [1.807, 2.05) is 51.1 Å². The monoisotopic (exact) mass is 341 g/mol. The SMILES string of the molecule is Cc1cccc(NC(=O)NCc2sc(-c3ccco3)nc2C)c1C. The van der Waals surface area contributed by atoms with Crippen LogP contribution >= 0.6 is 11.3 Å². The van der Waals surface area contributed by atoms with Crippen molar-refractivity contribution < 1.29 is 9.21 Å². The van der Waals surface area contributed by atoms with E-state index in [0.717, 1.165) is 38.2 Å². The van der Waals surface area contributed by atoms with Crippen LogP contribution in [0.3, 0.4) is 0 Å². The largest absolute Gasteiger partial charge is 0.462 e. The highest BCUT2D eigenvalue weighted by Gasteiger charge is 2.12. The third-order valence-corrected chi connectivity index (χ3v) is 5.06. The van der Waals surface area contributed by atoms with Crippen LogP contribution in [-0.4, -0.2) is 11.0 Å².